The molecule has 36 heavy (non-hydrogen) atoms. The average Bonchev–Trinajstić information content (AvgIpc) is 3.55. The molecule has 2 amide bonds. The molecule has 0 radical (unpaired) electrons. The number of aliphatic hydroxyl groups is 1. The lowest BCUT2D eigenvalue weighted by atomic mass is 9.48. The number of rotatable bonds is 3. The van der Waals surface area contributed by atoms with Gasteiger partial charge in [-0.3, -0.25) is 19.4 Å². The third-order valence-electron chi connectivity index (χ3n) is 9.94. The first-order chi connectivity index (χ1) is 17.3. The molecule has 8 rings (SSSR count). The van der Waals surface area contributed by atoms with Crippen LogP contribution in [-0.2, 0) is 11.8 Å². The van der Waals surface area contributed by atoms with Crippen molar-refractivity contribution in [3.8, 4) is 11.5 Å². The maximum absolute atomic E-state index is 13.9. The number of fused-ring (bicyclic) bond motifs is 1. The van der Waals surface area contributed by atoms with Gasteiger partial charge in [0.1, 0.15) is 11.9 Å². The summed E-state index contributed by atoms with van der Waals surface area (Å²) in [5, 5.41) is 23.4. The Morgan fingerprint density at radius 2 is 1.86 bits per heavy atom. The number of phenolic OH excluding ortho intramolecular Hbond substituents is 1. The number of halogens is 1. The van der Waals surface area contributed by atoms with Crippen LogP contribution in [0, 0.1) is 11.7 Å². The summed E-state index contributed by atoms with van der Waals surface area (Å²) in [6, 6.07) is 6.54. The van der Waals surface area contributed by atoms with Crippen LogP contribution < -0.4 is 4.74 Å². The van der Waals surface area contributed by atoms with Crippen LogP contribution in [0.2, 0.25) is 0 Å². The summed E-state index contributed by atoms with van der Waals surface area (Å²) in [6.45, 7) is 1.76. The van der Waals surface area contributed by atoms with Crippen LogP contribution in [0.15, 0.2) is 30.3 Å². The lowest BCUT2D eigenvalue weighted by molar-refractivity contribution is -0.196. The molecule has 2 N–H and O–H groups in total. The van der Waals surface area contributed by atoms with Gasteiger partial charge in [0.25, 0.3) is 11.8 Å². The van der Waals surface area contributed by atoms with Crippen LogP contribution >= 0.6 is 0 Å². The molecule has 2 bridgehead atoms. The largest absolute Gasteiger partial charge is 0.504 e. The van der Waals surface area contributed by atoms with Gasteiger partial charge in [0.15, 0.2) is 11.5 Å². The molecule has 186 valence electrons. The Bertz CT molecular complexity index is 1370. The molecule has 0 aromatic heterocycles. The van der Waals surface area contributed by atoms with Crippen LogP contribution in [0.4, 0.5) is 4.39 Å². The number of imide groups is 1. The number of likely N-dealkylation sites (tertiary alicyclic amines) is 1. The molecule has 2 aromatic rings. The number of aromatic hydroxyl groups is 1. The van der Waals surface area contributed by atoms with Gasteiger partial charge >= 0.3 is 0 Å². The van der Waals surface area contributed by atoms with Crippen molar-refractivity contribution < 1.29 is 28.9 Å². The monoisotopic (exact) mass is 490 g/mol. The number of benzene rings is 2. The van der Waals surface area contributed by atoms with Crippen molar-refractivity contribution in [2.24, 2.45) is 5.92 Å². The van der Waals surface area contributed by atoms with E-state index in [0.29, 0.717) is 37.4 Å². The number of ether oxygens (including phenoxy) is 1. The smallest absolute Gasteiger partial charge is 0.262 e. The van der Waals surface area contributed by atoms with E-state index in [-0.39, 0.29) is 22.9 Å². The SMILES string of the molecule is O=C1c2ccc(F)cc2C(=O)N1[C@@H]1CC[C@@]2(O)[C@H]3Cc4ccc(O)c5c4[C@@]2(CCN3CC2CC2)[C@@H]1O5. The quantitative estimate of drug-likeness (QED) is 0.644. The molecule has 1 spiro atoms. The normalized spacial score (nSPS) is 36.1. The van der Waals surface area contributed by atoms with Gasteiger partial charge in [-0.05, 0) is 80.8 Å². The second-order valence-electron chi connectivity index (χ2n) is 11.6. The maximum atomic E-state index is 13.9. The van der Waals surface area contributed by atoms with Crippen molar-refractivity contribution >= 4 is 11.8 Å². The van der Waals surface area contributed by atoms with Crippen LogP contribution in [-0.4, -0.2) is 68.7 Å². The Balaban J connectivity index is 1.27. The average molecular weight is 491 g/mol. The molecular weight excluding hydrogens is 463 g/mol. The molecule has 6 aliphatic rings. The predicted octanol–water partition coefficient (Wildman–Crippen LogP) is 2.76. The van der Waals surface area contributed by atoms with Crippen molar-refractivity contribution in [3.63, 3.8) is 0 Å². The van der Waals surface area contributed by atoms with Gasteiger partial charge in [-0.15, -0.1) is 0 Å². The second kappa shape index (κ2) is 6.66. The fraction of sp³-hybridized carbons (Fsp3) is 0.500. The third kappa shape index (κ3) is 2.35. The minimum absolute atomic E-state index is 0.0157. The number of nitrogens with zero attached hydrogens (tertiary/aromatic N) is 2. The molecule has 3 fully saturated rings. The number of carbonyl (C=O) groups excluding carboxylic acids is 2. The van der Waals surface area contributed by atoms with Crippen molar-refractivity contribution in [1.82, 2.24) is 9.80 Å². The van der Waals surface area contributed by atoms with Crippen molar-refractivity contribution in [1.29, 1.82) is 0 Å². The standard InChI is InChI=1S/C28H27FN2O5/c29-16-4-5-17-18(12-16)26(34)31(25(17)33)19-7-8-28(35)21-11-15-3-6-20(32)23-22(15)27(28,24(19)36-23)9-10-30(21)13-14-1-2-14/h3-6,12,14,19,21,24,32,35H,1-2,7-11,13H2/t19-,21-,24-,27+,28-/m1/s1. The van der Waals surface area contributed by atoms with Gasteiger partial charge in [-0.25, -0.2) is 4.39 Å². The van der Waals surface area contributed by atoms with E-state index in [2.05, 4.69) is 4.90 Å². The highest BCUT2D eigenvalue weighted by molar-refractivity contribution is 6.21. The molecule has 2 aromatic carbocycles. The zero-order chi connectivity index (χ0) is 24.6. The number of piperidine rings is 1. The van der Waals surface area contributed by atoms with Gasteiger partial charge < -0.3 is 14.9 Å². The van der Waals surface area contributed by atoms with Gasteiger partial charge in [0, 0.05) is 18.2 Å². The number of hydrogen-bond donors (Lipinski definition) is 2. The van der Waals surface area contributed by atoms with Crippen molar-refractivity contribution in [2.45, 2.75) is 67.7 Å². The molecule has 3 heterocycles. The summed E-state index contributed by atoms with van der Waals surface area (Å²) in [4.78, 5) is 30.6. The fourth-order valence-corrected chi connectivity index (χ4v) is 8.25. The zero-order valence-electron chi connectivity index (χ0n) is 19.7. The highest BCUT2D eigenvalue weighted by Crippen LogP contribution is 2.66. The molecule has 0 unspecified atom stereocenters. The number of hydrogen-bond acceptors (Lipinski definition) is 6. The van der Waals surface area contributed by atoms with Crippen molar-refractivity contribution in [3.05, 3.63) is 58.4 Å². The fourth-order valence-electron chi connectivity index (χ4n) is 8.25. The van der Waals surface area contributed by atoms with Crippen LogP contribution in [0.3, 0.4) is 0 Å². The number of phenols is 1. The lowest BCUT2D eigenvalue weighted by Gasteiger charge is -2.64. The van der Waals surface area contributed by atoms with Crippen LogP contribution in [0.5, 0.6) is 11.5 Å². The number of carbonyl (C=O) groups is 2. The minimum atomic E-state index is -1.10. The van der Waals surface area contributed by atoms with E-state index in [4.69, 9.17) is 4.74 Å². The van der Waals surface area contributed by atoms with Crippen LogP contribution in [0.25, 0.3) is 0 Å². The van der Waals surface area contributed by atoms with Gasteiger partial charge in [0.2, 0.25) is 0 Å². The topological polar surface area (TPSA) is 90.3 Å². The predicted molar refractivity (Wildman–Crippen MR) is 125 cm³/mol. The second-order valence-corrected chi connectivity index (χ2v) is 11.6. The molecule has 3 aliphatic carbocycles. The lowest BCUT2D eigenvalue weighted by Crippen LogP contribution is -2.78. The van der Waals surface area contributed by atoms with Gasteiger partial charge in [-0.1, -0.05) is 6.07 Å². The van der Waals surface area contributed by atoms with E-state index in [1.165, 1.54) is 29.9 Å². The highest BCUT2D eigenvalue weighted by Gasteiger charge is 2.74. The maximum Gasteiger partial charge on any atom is 0.262 e. The summed E-state index contributed by atoms with van der Waals surface area (Å²) in [5.74, 6) is -0.467. The third-order valence-corrected chi connectivity index (χ3v) is 9.94. The zero-order valence-corrected chi connectivity index (χ0v) is 19.7. The minimum Gasteiger partial charge on any atom is -0.504 e. The Kier molecular flexibility index (Phi) is 3.91. The molecule has 8 heteroatoms. The van der Waals surface area contributed by atoms with Gasteiger partial charge in [-0.2, -0.15) is 0 Å². The molecule has 1 saturated heterocycles. The van der Waals surface area contributed by atoms with Crippen LogP contribution in [0.1, 0.15) is 63.9 Å². The molecule has 3 aliphatic heterocycles. The first-order valence-electron chi connectivity index (χ1n) is 13.0. The summed E-state index contributed by atoms with van der Waals surface area (Å²) in [7, 11) is 0. The molecule has 7 nitrogen and oxygen atoms in total. The van der Waals surface area contributed by atoms with E-state index < -0.39 is 40.8 Å². The first-order valence-corrected chi connectivity index (χ1v) is 13.0. The summed E-state index contributed by atoms with van der Waals surface area (Å²) >= 11 is 0. The molecular formula is C28H27FN2O5. The van der Waals surface area contributed by atoms with E-state index in [0.717, 1.165) is 30.3 Å². The Morgan fingerprint density at radius 1 is 1.06 bits per heavy atom. The number of amides is 2. The Hall–Kier alpha value is -2.97. The summed E-state index contributed by atoms with van der Waals surface area (Å²) < 4.78 is 20.4. The van der Waals surface area contributed by atoms with E-state index in [1.54, 1.807) is 6.07 Å². The van der Waals surface area contributed by atoms with E-state index in [1.807, 2.05) is 6.07 Å². The van der Waals surface area contributed by atoms with Gasteiger partial charge in [0.05, 0.1) is 28.2 Å². The van der Waals surface area contributed by atoms with Crippen molar-refractivity contribution in [2.75, 3.05) is 13.1 Å². The first kappa shape index (κ1) is 21.1. The Morgan fingerprint density at radius 3 is 2.67 bits per heavy atom. The summed E-state index contributed by atoms with van der Waals surface area (Å²) in [6.07, 6.45) is 3.88. The van der Waals surface area contributed by atoms with E-state index >= 15 is 0 Å². The molecule has 5 atom stereocenters. The highest BCUT2D eigenvalue weighted by atomic mass is 19.1. The molecule has 2 saturated carbocycles. The summed E-state index contributed by atoms with van der Waals surface area (Å²) in [5.41, 5.74) is 0.244. The van der Waals surface area contributed by atoms with E-state index in [9.17, 15) is 24.2 Å². The Labute approximate surface area is 207 Å².